The average Bonchev–Trinajstić information content (AvgIpc) is 2.95. The van der Waals surface area contributed by atoms with Crippen molar-refractivity contribution in [2.45, 2.75) is 36.7 Å². The summed E-state index contributed by atoms with van der Waals surface area (Å²) in [5.41, 5.74) is 0. The van der Waals surface area contributed by atoms with Crippen molar-refractivity contribution in [3.05, 3.63) is 30.3 Å². The third kappa shape index (κ3) is 4.08. The topological polar surface area (TPSA) is 78.0 Å². The number of hydrogen-bond acceptors (Lipinski definition) is 7. The van der Waals surface area contributed by atoms with Crippen LogP contribution in [-0.4, -0.2) is 65.5 Å². The number of imide groups is 1. The number of nitrogens with zero attached hydrogens (tertiary/aromatic N) is 3. The molecule has 2 aliphatic rings. The van der Waals surface area contributed by atoms with Crippen molar-refractivity contribution in [2.75, 3.05) is 18.8 Å². The van der Waals surface area contributed by atoms with Crippen LogP contribution in [0.15, 0.2) is 35.2 Å². The molecular weight excluding hydrogens is 489 g/mol. The smallest absolute Gasteiger partial charge is 0.244 e. The van der Waals surface area contributed by atoms with Gasteiger partial charge in [0, 0.05) is 53.2 Å². The molecule has 0 aliphatic carbocycles. The molecule has 2 heterocycles. The maximum Gasteiger partial charge on any atom is 0.244 e. The van der Waals surface area contributed by atoms with Crippen LogP contribution in [0.4, 0.5) is 0 Å². The number of hydrogen-bond donors (Lipinski definition) is 0. The Morgan fingerprint density at radius 1 is 1.12 bits per heavy atom. The van der Waals surface area contributed by atoms with E-state index >= 15 is 0 Å². The summed E-state index contributed by atoms with van der Waals surface area (Å²) in [7, 11) is -2.02. The van der Waals surface area contributed by atoms with E-state index in [1.807, 2.05) is 6.92 Å². The van der Waals surface area contributed by atoms with Crippen molar-refractivity contribution in [2.24, 2.45) is 0 Å². The zero-order valence-corrected chi connectivity index (χ0v) is 18.0. The quantitative estimate of drug-likeness (QED) is 0.341. The molecule has 0 bridgehead atoms. The largest absolute Gasteiger partial charge is 0.273 e. The molecule has 0 radical (unpaired) electrons. The third-order valence-corrected chi connectivity index (χ3v) is 8.66. The van der Waals surface area contributed by atoms with Crippen LogP contribution < -0.4 is 0 Å². The van der Waals surface area contributed by atoms with E-state index in [1.54, 1.807) is 35.3 Å². The molecule has 2 atom stereocenters. The number of hydrazine groups is 1. The second-order valence-corrected chi connectivity index (χ2v) is 10.3. The predicted molar refractivity (Wildman–Crippen MR) is 108 cm³/mol. The average molecular weight is 509 g/mol. The third-order valence-electron chi connectivity index (χ3n) is 4.64. The predicted octanol–water partition coefficient (Wildman–Crippen LogP) is 1.90. The van der Waals surface area contributed by atoms with Gasteiger partial charge < -0.3 is 0 Å². The van der Waals surface area contributed by atoms with Gasteiger partial charge in [0.05, 0.1) is 16.7 Å². The molecule has 1 aromatic carbocycles. The van der Waals surface area contributed by atoms with Gasteiger partial charge in [0.25, 0.3) is 0 Å². The molecule has 0 spiro atoms. The van der Waals surface area contributed by atoms with E-state index in [1.165, 1.54) is 14.1 Å². The molecule has 2 amide bonds. The Morgan fingerprint density at radius 3 is 2.31 bits per heavy atom. The Bertz CT molecular complexity index is 774. The van der Waals surface area contributed by atoms with Crippen LogP contribution in [0.5, 0.6) is 0 Å². The van der Waals surface area contributed by atoms with Gasteiger partial charge >= 0.3 is 0 Å². The zero-order valence-electron chi connectivity index (χ0n) is 14.2. The lowest BCUT2D eigenvalue weighted by atomic mass is 10.2. The number of halogens is 1. The van der Waals surface area contributed by atoms with Crippen molar-refractivity contribution in [1.29, 1.82) is 0 Å². The number of benzene rings is 1. The molecule has 2 fully saturated rings. The SMILES string of the molecule is C[C@H]1CN(N2C(=O)CCC2=O)[C@@H](CS(=O)(=O)c2ccccc2)CN1SI. The lowest BCUT2D eigenvalue weighted by Crippen LogP contribution is -2.63. The van der Waals surface area contributed by atoms with Crippen molar-refractivity contribution < 1.29 is 18.0 Å². The minimum Gasteiger partial charge on any atom is -0.273 e. The molecule has 3 rings (SSSR count). The second-order valence-electron chi connectivity index (χ2n) is 6.49. The standard InChI is InChI=1S/C16H20IN3O4S2/c1-12-9-18(20-15(21)7-8-16(20)22)13(10-19(12)25-17)11-26(23,24)14-5-3-2-4-6-14/h2-6,12-13H,7-11H2,1H3/t12-,13+/m0/s1. The summed E-state index contributed by atoms with van der Waals surface area (Å²) < 4.78 is 27.8. The lowest BCUT2D eigenvalue weighted by molar-refractivity contribution is -0.165. The van der Waals surface area contributed by atoms with Crippen LogP contribution in [0.3, 0.4) is 0 Å². The van der Waals surface area contributed by atoms with Gasteiger partial charge in [0.2, 0.25) is 11.8 Å². The first kappa shape index (κ1) is 20.1. The van der Waals surface area contributed by atoms with Crippen molar-refractivity contribution in [1.82, 2.24) is 14.3 Å². The Hall–Kier alpha value is -0.690. The van der Waals surface area contributed by atoms with Gasteiger partial charge in [-0.3, -0.25) is 9.59 Å². The van der Waals surface area contributed by atoms with Gasteiger partial charge in [-0.25, -0.2) is 22.7 Å². The summed E-state index contributed by atoms with van der Waals surface area (Å²) in [4.78, 5) is 24.7. The second kappa shape index (κ2) is 8.13. The van der Waals surface area contributed by atoms with Gasteiger partial charge in [0.15, 0.2) is 9.84 Å². The molecule has 2 aliphatic heterocycles. The number of rotatable bonds is 5. The lowest BCUT2D eigenvalue weighted by Gasteiger charge is -2.46. The monoisotopic (exact) mass is 509 g/mol. The molecule has 7 nitrogen and oxygen atoms in total. The molecule has 0 unspecified atom stereocenters. The van der Waals surface area contributed by atoms with Crippen LogP contribution in [0.25, 0.3) is 0 Å². The van der Waals surface area contributed by atoms with Crippen LogP contribution in [0.1, 0.15) is 19.8 Å². The van der Waals surface area contributed by atoms with Gasteiger partial charge in [0.1, 0.15) is 0 Å². The molecule has 0 aromatic heterocycles. The van der Waals surface area contributed by atoms with E-state index in [0.29, 0.717) is 13.1 Å². The summed E-state index contributed by atoms with van der Waals surface area (Å²) in [5.74, 6) is -0.645. The molecule has 0 N–H and O–H groups in total. The maximum absolute atomic E-state index is 12.9. The van der Waals surface area contributed by atoms with Crippen molar-refractivity contribution in [3.8, 4) is 0 Å². The van der Waals surface area contributed by atoms with E-state index in [9.17, 15) is 18.0 Å². The molecule has 142 valence electrons. The van der Waals surface area contributed by atoms with E-state index in [2.05, 4.69) is 25.5 Å². The fourth-order valence-electron chi connectivity index (χ4n) is 3.30. The van der Waals surface area contributed by atoms with E-state index in [-0.39, 0.29) is 41.3 Å². The number of amides is 2. The minimum atomic E-state index is -3.54. The molecule has 2 saturated heterocycles. The van der Waals surface area contributed by atoms with E-state index < -0.39 is 15.9 Å². The zero-order chi connectivity index (χ0) is 18.9. The van der Waals surface area contributed by atoms with Crippen molar-refractivity contribution >= 4 is 52.0 Å². The fourth-order valence-corrected chi connectivity index (χ4v) is 6.93. The van der Waals surface area contributed by atoms with Crippen molar-refractivity contribution in [3.63, 3.8) is 0 Å². The van der Waals surface area contributed by atoms with E-state index in [0.717, 1.165) is 0 Å². The van der Waals surface area contributed by atoms with Crippen LogP contribution in [0, 0.1) is 0 Å². The highest BCUT2D eigenvalue weighted by atomic mass is 127. The summed E-state index contributed by atoms with van der Waals surface area (Å²) in [5, 5.41) is 2.85. The number of sulfone groups is 1. The Labute approximate surface area is 169 Å². The minimum absolute atomic E-state index is 0.0915. The first-order chi connectivity index (χ1) is 12.3. The summed E-state index contributed by atoms with van der Waals surface area (Å²) >= 11 is 2.17. The Balaban J connectivity index is 1.89. The van der Waals surface area contributed by atoms with Gasteiger partial charge in [-0.1, -0.05) is 18.2 Å². The normalized spacial score (nSPS) is 25.8. The van der Waals surface area contributed by atoms with Gasteiger partial charge in [-0.15, -0.1) is 0 Å². The number of piperazine rings is 1. The van der Waals surface area contributed by atoms with E-state index in [4.69, 9.17) is 0 Å². The number of carbonyl (C=O) groups excluding carboxylic acids is 2. The summed E-state index contributed by atoms with van der Waals surface area (Å²) in [6.07, 6.45) is 0.374. The molecule has 10 heteroatoms. The molecule has 0 saturated carbocycles. The highest BCUT2D eigenvalue weighted by molar-refractivity contribution is 14.2. The first-order valence-electron chi connectivity index (χ1n) is 8.29. The highest BCUT2D eigenvalue weighted by Crippen LogP contribution is 2.31. The van der Waals surface area contributed by atoms with Gasteiger partial charge in [-0.05, 0) is 28.2 Å². The maximum atomic E-state index is 12.9. The van der Waals surface area contributed by atoms with Crippen LogP contribution >= 0.6 is 30.3 Å². The van der Waals surface area contributed by atoms with Gasteiger partial charge in [-0.2, -0.15) is 0 Å². The molecule has 26 heavy (non-hydrogen) atoms. The summed E-state index contributed by atoms with van der Waals surface area (Å²) in [6, 6.07) is 7.91. The fraction of sp³-hybridized carbons (Fsp3) is 0.500. The molecular formula is C16H20IN3O4S2. The van der Waals surface area contributed by atoms with Crippen LogP contribution in [0.2, 0.25) is 0 Å². The first-order valence-corrected chi connectivity index (χ1v) is 13.3. The number of carbonyl (C=O) groups is 2. The Kier molecular flexibility index (Phi) is 6.27. The molecule has 1 aromatic rings. The highest BCUT2D eigenvalue weighted by Gasteiger charge is 2.43. The van der Waals surface area contributed by atoms with Crippen LogP contribution in [-0.2, 0) is 19.4 Å². The Morgan fingerprint density at radius 2 is 1.73 bits per heavy atom. The summed E-state index contributed by atoms with van der Waals surface area (Å²) in [6.45, 7) is 2.89.